The zero-order chi connectivity index (χ0) is 11.8. The minimum Gasteiger partial charge on any atom is -0.374 e. The van der Waals surface area contributed by atoms with E-state index in [1.54, 1.807) is 6.07 Å². The van der Waals surface area contributed by atoms with Gasteiger partial charge in [0.25, 0.3) is 0 Å². The van der Waals surface area contributed by atoms with Crippen LogP contribution in [0.3, 0.4) is 0 Å². The molecule has 0 aliphatic carbocycles. The van der Waals surface area contributed by atoms with Crippen molar-refractivity contribution in [3.8, 4) is 11.3 Å². The molecule has 2 aromatic rings. The molecule has 1 aromatic heterocycles. The van der Waals surface area contributed by atoms with Gasteiger partial charge in [0.15, 0.2) is 0 Å². The molecule has 88 valence electrons. The number of hydrogen-bond acceptors (Lipinski definition) is 4. The molecule has 4 nitrogen and oxygen atoms in total. The Morgan fingerprint density at radius 2 is 2.29 bits per heavy atom. The molecule has 0 fully saturated rings. The Bertz CT molecular complexity index is 547. The smallest absolute Gasteiger partial charge is 0.222 e. The standard InChI is InChI=1S/C13H15N3O/c1-16-7-3-5-10-9(4-2-6-12(10)16)11-8-13(14)17-15-11/h2,4,6,8H,3,5,7,14H2,1H3. The summed E-state index contributed by atoms with van der Waals surface area (Å²) in [6, 6.07) is 8.07. The van der Waals surface area contributed by atoms with Crippen LogP contribution in [0.2, 0.25) is 0 Å². The highest BCUT2D eigenvalue weighted by molar-refractivity contribution is 5.73. The fourth-order valence-corrected chi connectivity index (χ4v) is 2.46. The lowest BCUT2D eigenvalue weighted by Crippen LogP contribution is -2.24. The molecule has 3 rings (SSSR count). The Hall–Kier alpha value is -1.97. The van der Waals surface area contributed by atoms with E-state index in [-0.39, 0.29) is 0 Å². The molecule has 2 N–H and O–H groups in total. The number of fused-ring (bicyclic) bond motifs is 1. The topological polar surface area (TPSA) is 55.3 Å². The summed E-state index contributed by atoms with van der Waals surface area (Å²) in [7, 11) is 2.12. The minimum absolute atomic E-state index is 0.363. The molecule has 0 spiro atoms. The summed E-state index contributed by atoms with van der Waals surface area (Å²) in [6.07, 6.45) is 2.26. The molecule has 1 aliphatic heterocycles. The predicted molar refractivity (Wildman–Crippen MR) is 67.9 cm³/mol. The van der Waals surface area contributed by atoms with Crippen LogP contribution in [0.15, 0.2) is 28.8 Å². The molecule has 1 aromatic carbocycles. The van der Waals surface area contributed by atoms with Gasteiger partial charge in [-0.25, -0.2) is 0 Å². The quantitative estimate of drug-likeness (QED) is 0.815. The van der Waals surface area contributed by atoms with Crippen LogP contribution in [-0.2, 0) is 6.42 Å². The van der Waals surface area contributed by atoms with Gasteiger partial charge in [0.1, 0.15) is 5.69 Å². The number of hydrogen-bond donors (Lipinski definition) is 1. The van der Waals surface area contributed by atoms with Crippen LogP contribution in [0.5, 0.6) is 0 Å². The van der Waals surface area contributed by atoms with Crippen LogP contribution < -0.4 is 10.6 Å². The van der Waals surface area contributed by atoms with Crippen LogP contribution in [0.4, 0.5) is 11.6 Å². The second-order valence-corrected chi connectivity index (χ2v) is 4.44. The average Bonchev–Trinajstić information content (AvgIpc) is 2.76. The average molecular weight is 229 g/mol. The van der Waals surface area contributed by atoms with Crippen LogP contribution in [0, 0.1) is 0 Å². The number of anilines is 2. The van der Waals surface area contributed by atoms with Crippen molar-refractivity contribution in [3.63, 3.8) is 0 Å². The third-order valence-electron chi connectivity index (χ3n) is 3.29. The molecule has 1 aliphatic rings. The SMILES string of the molecule is CN1CCCc2c(-c3cc(N)on3)cccc21. The molecule has 0 amide bonds. The van der Waals surface area contributed by atoms with Crippen molar-refractivity contribution in [2.75, 3.05) is 24.2 Å². The highest BCUT2D eigenvalue weighted by Gasteiger charge is 2.18. The maximum absolute atomic E-state index is 5.58. The van der Waals surface area contributed by atoms with Crippen molar-refractivity contribution >= 4 is 11.6 Å². The van der Waals surface area contributed by atoms with Crippen molar-refractivity contribution in [1.29, 1.82) is 0 Å². The van der Waals surface area contributed by atoms with Gasteiger partial charge in [-0.2, -0.15) is 0 Å². The van der Waals surface area contributed by atoms with Crippen molar-refractivity contribution in [2.45, 2.75) is 12.8 Å². The van der Waals surface area contributed by atoms with E-state index in [1.807, 2.05) is 0 Å². The van der Waals surface area contributed by atoms with E-state index in [1.165, 1.54) is 17.7 Å². The van der Waals surface area contributed by atoms with E-state index < -0.39 is 0 Å². The van der Waals surface area contributed by atoms with Crippen LogP contribution in [-0.4, -0.2) is 18.7 Å². The first-order chi connectivity index (χ1) is 8.25. The maximum Gasteiger partial charge on any atom is 0.222 e. The van der Waals surface area contributed by atoms with Gasteiger partial charge < -0.3 is 15.2 Å². The Morgan fingerprint density at radius 1 is 1.41 bits per heavy atom. The second kappa shape index (κ2) is 3.80. The molecule has 0 bridgehead atoms. The summed E-state index contributed by atoms with van der Waals surface area (Å²) in [4.78, 5) is 2.28. The van der Waals surface area contributed by atoms with Gasteiger partial charge in [-0.15, -0.1) is 0 Å². The predicted octanol–water partition coefficient (Wildman–Crippen LogP) is 2.31. The molecule has 0 saturated carbocycles. The first-order valence-corrected chi connectivity index (χ1v) is 5.81. The lowest BCUT2D eigenvalue weighted by molar-refractivity contribution is 0.439. The van der Waals surface area contributed by atoms with Crippen molar-refractivity contribution in [2.24, 2.45) is 0 Å². The van der Waals surface area contributed by atoms with Gasteiger partial charge in [-0.05, 0) is 24.5 Å². The summed E-state index contributed by atoms with van der Waals surface area (Å²) in [6.45, 7) is 1.11. The highest BCUT2D eigenvalue weighted by atomic mass is 16.5. The lowest BCUT2D eigenvalue weighted by Gasteiger charge is -2.28. The lowest BCUT2D eigenvalue weighted by atomic mass is 9.95. The van der Waals surface area contributed by atoms with Gasteiger partial charge in [-0.3, -0.25) is 0 Å². The van der Waals surface area contributed by atoms with E-state index in [2.05, 4.69) is 35.3 Å². The summed E-state index contributed by atoms with van der Waals surface area (Å²) in [5.74, 6) is 0.363. The normalized spacial score (nSPS) is 14.8. The van der Waals surface area contributed by atoms with Crippen LogP contribution >= 0.6 is 0 Å². The number of aromatic nitrogens is 1. The van der Waals surface area contributed by atoms with Crippen LogP contribution in [0.1, 0.15) is 12.0 Å². The van der Waals surface area contributed by atoms with E-state index >= 15 is 0 Å². The molecule has 0 unspecified atom stereocenters. The first kappa shape index (κ1) is 10.2. The van der Waals surface area contributed by atoms with Crippen molar-refractivity contribution < 1.29 is 4.52 Å². The monoisotopic (exact) mass is 229 g/mol. The summed E-state index contributed by atoms with van der Waals surface area (Å²) in [5, 5.41) is 4.00. The Morgan fingerprint density at radius 3 is 3.06 bits per heavy atom. The van der Waals surface area contributed by atoms with Gasteiger partial charge in [0, 0.05) is 30.9 Å². The Balaban J connectivity index is 2.15. The number of benzene rings is 1. The summed E-state index contributed by atoms with van der Waals surface area (Å²) >= 11 is 0. The summed E-state index contributed by atoms with van der Waals surface area (Å²) in [5.41, 5.74) is 10.2. The molecular weight excluding hydrogens is 214 g/mol. The van der Waals surface area contributed by atoms with E-state index in [4.69, 9.17) is 10.3 Å². The number of nitrogens with two attached hydrogens (primary N) is 1. The van der Waals surface area contributed by atoms with E-state index in [0.29, 0.717) is 5.88 Å². The molecule has 0 saturated heterocycles. The molecule has 0 radical (unpaired) electrons. The Labute approximate surface area is 100 Å². The van der Waals surface area contributed by atoms with Crippen molar-refractivity contribution in [1.82, 2.24) is 5.16 Å². The van der Waals surface area contributed by atoms with Gasteiger partial charge in [-0.1, -0.05) is 17.3 Å². The molecule has 4 heteroatoms. The second-order valence-electron chi connectivity index (χ2n) is 4.44. The minimum atomic E-state index is 0.363. The van der Waals surface area contributed by atoms with E-state index in [9.17, 15) is 0 Å². The first-order valence-electron chi connectivity index (χ1n) is 5.81. The van der Waals surface area contributed by atoms with E-state index in [0.717, 1.165) is 24.2 Å². The maximum atomic E-state index is 5.58. The largest absolute Gasteiger partial charge is 0.374 e. The van der Waals surface area contributed by atoms with Crippen molar-refractivity contribution in [3.05, 3.63) is 29.8 Å². The molecule has 17 heavy (non-hydrogen) atoms. The fourth-order valence-electron chi connectivity index (χ4n) is 2.46. The molecule has 0 atom stereocenters. The summed E-state index contributed by atoms with van der Waals surface area (Å²) < 4.78 is 4.95. The Kier molecular flexibility index (Phi) is 2.28. The molecule has 2 heterocycles. The third kappa shape index (κ3) is 1.65. The third-order valence-corrected chi connectivity index (χ3v) is 3.29. The zero-order valence-electron chi connectivity index (χ0n) is 9.81. The zero-order valence-corrected chi connectivity index (χ0v) is 9.81. The number of nitrogen functional groups attached to an aromatic ring is 1. The van der Waals surface area contributed by atoms with Gasteiger partial charge >= 0.3 is 0 Å². The van der Waals surface area contributed by atoms with Gasteiger partial charge in [0.2, 0.25) is 5.88 Å². The fraction of sp³-hybridized carbons (Fsp3) is 0.308. The molecular formula is C13H15N3O. The highest BCUT2D eigenvalue weighted by Crippen LogP contribution is 2.34. The van der Waals surface area contributed by atoms with Gasteiger partial charge in [0.05, 0.1) is 0 Å². The number of nitrogens with zero attached hydrogens (tertiary/aromatic N) is 2. The van der Waals surface area contributed by atoms with Crippen LogP contribution in [0.25, 0.3) is 11.3 Å². The number of rotatable bonds is 1.